The molecule has 1 N–H and O–H groups in total. The van der Waals surface area contributed by atoms with Gasteiger partial charge < -0.3 is 10.2 Å². The maximum atomic E-state index is 12.4. The number of likely N-dealkylation sites (N-methyl/N-ethyl adjacent to an activating group) is 1. The van der Waals surface area contributed by atoms with Gasteiger partial charge in [0.25, 0.3) is 5.91 Å². The summed E-state index contributed by atoms with van der Waals surface area (Å²) >= 11 is 0. The number of benzene rings is 1. The molecule has 0 spiro atoms. The van der Waals surface area contributed by atoms with Gasteiger partial charge in [0.05, 0.1) is 11.6 Å². The summed E-state index contributed by atoms with van der Waals surface area (Å²) in [6.07, 6.45) is 1.01. The summed E-state index contributed by atoms with van der Waals surface area (Å²) in [6.45, 7) is 4.56. The quantitative estimate of drug-likeness (QED) is 0.872. The van der Waals surface area contributed by atoms with Gasteiger partial charge >= 0.3 is 0 Å². The molecule has 1 fully saturated rings. The first-order valence-electron chi connectivity index (χ1n) is 6.28. The van der Waals surface area contributed by atoms with Gasteiger partial charge in [-0.3, -0.25) is 4.79 Å². The van der Waals surface area contributed by atoms with Gasteiger partial charge in [-0.2, -0.15) is 5.26 Å². The van der Waals surface area contributed by atoms with E-state index in [4.69, 9.17) is 5.26 Å². The second kappa shape index (κ2) is 5.65. The molecule has 0 radical (unpaired) electrons. The van der Waals surface area contributed by atoms with Crippen molar-refractivity contribution in [2.75, 3.05) is 19.6 Å². The Morgan fingerprint density at radius 3 is 2.72 bits per heavy atom. The smallest absolute Gasteiger partial charge is 0.254 e. The van der Waals surface area contributed by atoms with E-state index in [0.717, 1.165) is 19.5 Å². The highest BCUT2D eigenvalue weighted by molar-refractivity contribution is 5.94. The fourth-order valence-electron chi connectivity index (χ4n) is 2.33. The molecule has 0 aromatic heterocycles. The molecule has 1 amide bonds. The first-order chi connectivity index (χ1) is 8.76. The van der Waals surface area contributed by atoms with Crippen LogP contribution in [0, 0.1) is 11.3 Å². The standard InChI is InChI=1S/C14H17N3O/c1-2-17(13-7-8-16-10-13)14(18)12-5-3-11(9-15)4-6-12/h3-6,13,16H,2,7-8,10H2,1H3. The van der Waals surface area contributed by atoms with Gasteiger partial charge in [0.1, 0.15) is 0 Å². The van der Waals surface area contributed by atoms with Gasteiger partial charge in [0.2, 0.25) is 0 Å². The topological polar surface area (TPSA) is 56.1 Å². The molecule has 1 unspecified atom stereocenters. The van der Waals surface area contributed by atoms with Gasteiger partial charge in [0.15, 0.2) is 0 Å². The lowest BCUT2D eigenvalue weighted by Crippen LogP contribution is -2.41. The van der Waals surface area contributed by atoms with Crippen LogP contribution < -0.4 is 5.32 Å². The highest BCUT2D eigenvalue weighted by Gasteiger charge is 2.25. The van der Waals surface area contributed by atoms with Gasteiger partial charge in [-0.05, 0) is 44.2 Å². The summed E-state index contributed by atoms with van der Waals surface area (Å²) in [5.74, 6) is 0.0516. The van der Waals surface area contributed by atoms with Crippen LogP contribution in [0.3, 0.4) is 0 Å². The van der Waals surface area contributed by atoms with Crippen molar-refractivity contribution in [2.45, 2.75) is 19.4 Å². The van der Waals surface area contributed by atoms with Crippen molar-refractivity contribution in [1.82, 2.24) is 10.2 Å². The van der Waals surface area contributed by atoms with Crippen molar-refractivity contribution < 1.29 is 4.79 Å². The lowest BCUT2D eigenvalue weighted by atomic mass is 10.1. The van der Waals surface area contributed by atoms with Crippen LogP contribution in [0.2, 0.25) is 0 Å². The number of carbonyl (C=O) groups excluding carboxylic acids is 1. The van der Waals surface area contributed by atoms with E-state index in [2.05, 4.69) is 11.4 Å². The zero-order chi connectivity index (χ0) is 13.0. The summed E-state index contributed by atoms with van der Waals surface area (Å²) in [6, 6.07) is 9.18. The molecular weight excluding hydrogens is 226 g/mol. The van der Waals surface area contributed by atoms with E-state index in [1.54, 1.807) is 24.3 Å². The molecule has 0 saturated carbocycles. The second-order valence-corrected chi connectivity index (χ2v) is 4.43. The average molecular weight is 243 g/mol. The molecule has 1 aromatic rings. The molecule has 1 heterocycles. The Morgan fingerprint density at radius 1 is 1.50 bits per heavy atom. The zero-order valence-electron chi connectivity index (χ0n) is 10.5. The largest absolute Gasteiger partial charge is 0.335 e. The van der Waals surface area contributed by atoms with E-state index >= 15 is 0 Å². The highest BCUT2D eigenvalue weighted by atomic mass is 16.2. The van der Waals surface area contributed by atoms with Crippen LogP contribution in [0.1, 0.15) is 29.3 Å². The van der Waals surface area contributed by atoms with Crippen molar-refractivity contribution >= 4 is 5.91 Å². The third kappa shape index (κ3) is 2.52. The number of rotatable bonds is 3. The third-order valence-electron chi connectivity index (χ3n) is 3.34. The molecule has 1 atom stereocenters. The molecule has 1 saturated heterocycles. The van der Waals surface area contributed by atoms with Crippen molar-refractivity contribution in [3.63, 3.8) is 0 Å². The Morgan fingerprint density at radius 2 is 2.22 bits per heavy atom. The number of nitrogens with zero attached hydrogens (tertiary/aromatic N) is 2. The van der Waals surface area contributed by atoms with E-state index in [1.807, 2.05) is 11.8 Å². The number of carbonyl (C=O) groups is 1. The Bertz CT molecular complexity index is 455. The van der Waals surface area contributed by atoms with Crippen LogP contribution in [0.4, 0.5) is 0 Å². The fourth-order valence-corrected chi connectivity index (χ4v) is 2.33. The summed E-state index contributed by atoms with van der Waals surface area (Å²) in [4.78, 5) is 14.3. The summed E-state index contributed by atoms with van der Waals surface area (Å²) in [7, 11) is 0. The maximum absolute atomic E-state index is 12.4. The van der Waals surface area contributed by atoms with Crippen LogP contribution in [-0.2, 0) is 0 Å². The Hall–Kier alpha value is -1.86. The SMILES string of the molecule is CCN(C(=O)c1ccc(C#N)cc1)C1CCNC1. The molecule has 94 valence electrons. The van der Waals surface area contributed by atoms with Crippen molar-refractivity contribution in [1.29, 1.82) is 5.26 Å². The molecule has 0 bridgehead atoms. The van der Waals surface area contributed by atoms with Crippen LogP contribution in [0.25, 0.3) is 0 Å². The minimum atomic E-state index is 0.0516. The highest BCUT2D eigenvalue weighted by Crippen LogP contribution is 2.13. The van der Waals surface area contributed by atoms with E-state index in [0.29, 0.717) is 17.7 Å². The molecule has 1 aliphatic heterocycles. The molecule has 2 rings (SSSR count). The molecule has 4 heteroatoms. The number of nitriles is 1. The molecule has 18 heavy (non-hydrogen) atoms. The normalized spacial score (nSPS) is 18.3. The molecule has 1 aromatic carbocycles. The molecule has 4 nitrogen and oxygen atoms in total. The number of amides is 1. The first kappa shape index (κ1) is 12.6. The Balaban J connectivity index is 2.15. The van der Waals surface area contributed by atoms with Crippen LogP contribution >= 0.6 is 0 Å². The predicted octanol–water partition coefficient (Wildman–Crippen LogP) is 1.38. The second-order valence-electron chi connectivity index (χ2n) is 4.43. The van der Waals surface area contributed by atoms with Crippen LogP contribution in [0.15, 0.2) is 24.3 Å². The number of nitrogens with one attached hydrogen (secondary N) is 1. The van der Waals surface area contributed by atoms with Crippen molar-refractivity contribution in [3.05, 3.63) is 35.4 Å². The summed E-state index contributed by atoms with van der Waals surface area (Å²) in [5, 5.41) is 12.0. The van der Waals surface area contributed by atoms with Gasteiger partial charge in [-0.25, -0.2) is 0 Å². The first-order valence-corrected chi connectivity index (χ1v) is 6.28. The fraction of sp³-hybridized carbons (Fsp3) is 0.429. The van der Waals surface area contributed by atoms with E-state index in [1.165, 1.54) is 0 Å². The lowest BCUT2D eigenvalue weighted by molar-refractivity contribution is 0.0704. The van der Waals surface area contributed by atoms with Gasteiger partial charge in [0, 0.05) is 24.7 Å². The van der Waals surface area contributed by atoms with Gasteiger partial charge in [-0.1, -0.05) is 0 Å². The Kier molecular flexibility index (Phi) is 3.96. The molecule has 0 aliphatic carbocycles. The monoisotopic (exact) mass is 243 g/mol. The number of hydrogen-bond acceptors (Lipinski definition) is 3. The van der Waals surface area contributed by atoms with Crippen LogP contribution in [-0.4, -0.2) is 36.5 Å². The third-order valence-corrected chi connectivity index (χ3v) is 3.34. The lowest BCUT2D eigenvalue weighted by Gasteiger charge is -2.27. The average Bonchev–Trinajstić information content (AvgIpc) is 2.93. The molecular formula is C14H17N3O. The Labute approximate surface area is 107 Å². The maximum Gasteiger partial charge on any atom is 0.254 e. The summed E-state index contributed by atoms with van der Waals surface area (Å²) in [5.41, 5.74) is 1.24. The van der Waals surface area contributed by atoms with Gasteiger partial charge in [-0.15, -0.1) is 0 Å². The zero-order valence-corrected chi connectivity index (χ0v) is 10.5. The van der Waals surface area contributed by atoms with E-state index in [-0.39, 0.29) is 11.9 Å². The van der Waals surface area contributed by atoms with Crippen molar-refractivity contribution in [2.24, 2.45) is 0 Å². The minimum Gasteiger partial charge on any atom is -0.335 e. The van der Waals surface area contributed by atoms with Crippen LogP contribution in [0.5, 0.6) is 0 Å². The summed E-state index contributed by atoms with van der Waals surface area (Å²) < 4.78 is 0. The van der Waals surface area contributed by atoms with E-state index < -0.39 is 0 Å². The minimum absolute atomic E-state index is 0.0516. The molecule has 1 aliphatic rings. The van der Waals surface area contributed by atoms with E-state index in [9.17, 15) is 4.79 Å². The van der Waals surface area contributed by atoms with Crippen molar-refractivity contribution in [3.8, 4) is 6.07 Å². The predicted molar refractivity (Wildman–Crippen MR) is 69.1 cm³/mol. The number of hydrogen-bond donors (Lipinski definition) is 1.